The van der Waals surface area contributed by atoms with Crippen LogP contribution in [0.1, 0.15) is 42.2 Å². The lowest BCUT2D eigenvalue weighted by atomic mass is 10.0. The summed E-state index contributed by atoms with van der Waals surface area (Å²) < 4.78 is 10.4. The molecule has 1 amide bonds. The SMILES string of the molecule is CCOC(=O)C[C@@H](NC(=O)c1cc([N+](=O)[O-])ccc1Cl)c1ccc(OCC)cc1. The Labute approximate surface area is 172 Å². The third kappa shape index (κ3) is 6.18. The van der Waals surface area contributed by atoms with Gasteiger partial charge in [-0.05, 0) is 37.6 Å². The number of amides is 1. The Morgan fingerprint density at radius 1 is 1.14 bits per heavy atom. The zero-order chi connectivity index (χ0) is 21.4. The van der Waals surface area contributed by atoms with E-state index in [1.807, 2.05) is 6.92 Å². The number of nitro groups is 1. The van der Waals surface area contributed by atoms with Gasteiger partial charge in [-0.3, -0.25) is 19.7 Å². The van der Waals surface area contributed by atoms with Crippen molar-refractivity contribution in [2.75, 3.05) is 13.2 Å². The number of hydrogen-bond donors (Lipinski definition) is 1. The number of esters is 1. The first kappa shape index (κ1) is 22.2. The van der Waals surface area contributed by atoms with E-state index in [0.29, 0.717) is 17.9 Å². The minimum absolute atomic E-state index is 0.0549. The van der Waals surface area contributed by atoms with Gasteiger partial charge in [-0.2, -0.15) is 0 Å². The Kier molecular flexibility index (Phi) is 7.97. The van der Waals surface area contributed by atoms with Crippen molar-refractivity contribution in [3.8, 4) is 5.75 Å². The number of benzene rings is 2. The number of hydrogen-bond acceptors (Lipinski definition) is 6. The topological polar surface area (TPSA) is 108 Å². The third-order valence-corrected chi connectivity index (χ3v) is 4.31. The van der Waals surface area contributed by atoms with Gasteiger partial charge in [0.1, 0.15) is 5.75 Å². The second-order valence-electron chi connectivity index (χ2n) is 5.96. The summed E-state index contributed by atoms with van der Waals surface area (Å²) in [7, 11) is 0. The van der Waals surface area contributed by atoms with Crippen LogP contribution in [0.3, 0.4) is 0 Å². The molecule has 9 heteroatoms. The predicted octanol–water partition coefficient (Wildman–Crippen LogP) is 4.07. The number of carbonyl (C=O) groups is 2. The van der Waals surface area contributed by atoms with E-state index in [4.69, 9.17) is 21.1 Å². The highest BCUT2D eigenvalue weighted by Crippen LogP contribution is 2.25. The van der Waals surface area contributed by atoms with Gasteiger partial charge in [0.2, 0.25) is 0 Å². The number of ether oxygens (including phenoxy) is 2. The van der Waals surface area contributed by atoms with Crippen molar-refractivity contribution in [3.05, 3.63) is 68.7 Å². The largest absolute Gasteiger partial charge is 0.494 e. The fraction of sp³-hybridized carbons (Fsp3) is 0.300. The van der Waals surface area contributed by atoms with Crippen molar-refractivity contribution < 1.29 is 24.0 Å². The summed E-state index contributed by atoms with van der Waals surface area (Å²) in [6.45, 7) is 4.26. The molecule has 0 aliphatic heterocycles. The summed E-state index contributed by atoms with van der Waals surface area (Å²) in [5, 5.41) is 13.8. The van der Waals surface area contributed by atoms with Crippen LogP contribution in [0.2, 0.25) is 5.02 Å². The molecule has 2 rings (SSSR count). The Balaban J connectivity index is 2.29. The summed E-state index contributed by atoms with van der Waals surface area (Å²) in [4.78, 5) is 35.1. The summed E-state index contributed by atoms with van der Waals surface area (Å²) in [5.41, 5.74) is 0.333. The molecule has 0 aliphatic carbocycles. The molecule has 0 aliphatic rings. The molecule has 29 heavy (non-hydrogen) atoms. The molecule has 0 fully saturated rings. The van der Waals surface area contributed by atoms with Crippen molar-refractivity contribution in [2.45, 2.75) is 26.3 Å². The van der Waals surface area contributed by atoms with Gasteiger partial charge in [0.25, 0.3) is 11.6 Å². The van der Waals surface area contributed by atoms with Crippen LogP contribution in [0.5, 0.6) is 5.75 Å². The number of nitrogens with zero attached hydrogens (tertiary/aromatic N) is 1. The minimum atomic E-state index is -0.715. The van der Waals surface area contributed by atoms with Gasteiger partial charge in [-0.1, -0.05) is 23.7 Å². The lowest BCUT2D eigenvalue weighted by molar-refractivity contribution is -0.384. The third-order valence-electron chi connectivity index (χ3n) is 3.98. The molecule has 2 aromatic carbocycles. The summed E-state index contributed by atoms with van der Waals surface area (Å²) in [6.07, 6.45) is -0.111. The minimum Gasteiger partial charge on any atom is -0.494 e. The maximum absolute atomic E-state index is 12.7. The van der Waals surface area contributed by atoms with Crippen molar-refractivity contribution in [1.29, 1.82) is 0 Å². The summed E-state index contributed by atoms with van der Waals surface area (Å²) in [6, 6.07) is 9.78. The number of halogens is 1. The van der Waals surface area contributed by atoms with Crippen LogP contribution in [-0.4, -0.2) is 30.0 Å². The van der Waals surface area contributed by atoms with Gasteiger partial charge < -0.3 is 14.8 Å². The van der Waals surface area contributed by atoms with Gasteiger partial charge in [-0.25, -0.2) is 0 Å². The molecule has 154 valence electrons. The standard InChI is InChI=1S/C20H21ClN2O6/c1-3-28-15-8-5-13(6-9-15)18(12-19(24)29-4-2)22-20(25)16-11-14(23(26)27)7-10-17(16)21/h5-11,18H,3-4,12H2,1-2H3,(H,22,25)/t18-/m1/s1. The first-order chi connectivity index (χ1) is 13.8. The average molecular weight is 421 g/mol. The molecule has 0 aromatic heterocycles. The molecular weight excluding hydrogens is 400 g/mol. The van der Waals surface area contributed by atoms with Crippen LogP contribution >= 0.6 is 11.6 Å². The summed E-state index contributed by atoms with van der Waals surface area (Å²) in [5.74, 6) is -0.474. The first-order valence-corrected chi connectivity index (χ1v) is 9.36. The highest BCUT2D eigenvalue weighted by Gasteiger charge is 2.23. The number of rotatable bonds is 9. The van der Waals surface area contributed by atoms with Crippen molar-refractivity contribution in [3.63, 3.8) is 0 Å². The van der Waals surface area contributed by atoms with Crippen LogP contribution in [-0.2, 0) is 9.53 Å². The van der Waals surface area contributed by atoms with Crippen LogP contribution in [0.4, 0.5) is 5.69 Å². The highest BCUT2D eigenvalue weighted by atomic mass is 35.5. The van der Waals surface area contributed by atoms with Crippen LogP contribution in [0.25, 0.3) is 0 Å². The van der Waals surface area contributed by atoms with E-state index < -0.39 is 22.8 Å². The normalized spacial score (nSPS) is 11.4. The average Bonchev–Trinajstić information content (AvgIpc) is 2.68. The van der Waals surface area contributed by atoms with Gasteiger partial charge in [0.15, 0.2) is 0 Å². The lowest BCUT2D eigenvalue weighted by Gasteiger charge is -2.19. The quantitative estimate of drug-likeness (QED) is 0.372. The maximum Gasteiger partial charge on any atom is 0.308 e. The van der Waals surface area contributed by atoms with Crippen molar-refractivity contribution in [2.24, 2.45) is 0 Å². The van der Waals surface area contributed by atoms with Crippen molar-refractivity contribution >= 4 is 29.2 Å². The molecule has 0 spiro atoms. The van der Waals surface area contributed by atoms with Crippen LogP contribution in [0, 0.1) is 10.1 Å². The molecule has 2 aromatic rings. The molecular formula is C20H21ClN2O6. The van der Waals surface area contributed by atoms with E-state index in [9.17, 15) is 19.7 Å². The zero-order valence-electron chi connectivity index (χ0n) is 16.0. The highest BCUT2D eigenvalue weighted by molar-refractivity contribution is 6.34. The Bertz CT molecular complexity index is 885. The van der Waals surface area contributed by atoms with E-state index in [0.717, 1.165) is 6.07 Å². The van der Waals surface area contributed by atoms with Gasteiger partial charge in [0, 0.05) is 12.1 Å². The Hall–Kier alpha value is -3.13. The first-order valence-electron chi connectivity index (χ1n) is 8.98. The summed E-state index contributed by atoms with van der Waals surface area (Å²) >= 11 is 6.04. The molecule has 1 atom stereocenters. The van der Waals surface area contributed by atoms with E-state index in [2.05, 4.69) is 5.32 Å². The Morgan fingerprint density at radius 2 is 1.83 bits per heavy atom. The van der Waals surface area contributed by atoms with Gasteiger partial charge in [-0.15, -0.1) is 0 Å². The van der Waals surface area contributed by atoms with Crippen LogP contribution < -0.4 is 10.1 Å². The molecule has 0 saturated carbocycles. The molecule has 0 unspecified atom stereocenters. The lowest BCUT2D eigenvalue weighted by Crippen LogP contribution is -2.31. The number of nitro benzene ring substituents is 1. The second kappa shape index (κ2) is 10.4. The Morgan fingerprint density at radius 3 is 2.41 bits per heavy atom. The maximum atomic E-state index is 12.7. The van der Waals surface area contributed by atoms with Crippen molar-refractivity contribution in [1.82, 2.24) is 5.32 Å². The molecule has 1 N–H and O–H groups in total. The number of nitrogens with one attached hydrogen (secondary N) is 1. The molecule has 0 saturated heterocycles. The van der Waals surface area contributed by atoms with E-state index >= 15 is 0 Å². The predicted molar refractivity (Wildman–Crippen MR) is 107 cm³/mol. The molecule has 0 bridgehead atoms. The number of non-ortho nitro benzene ring substituents is 1. The van der Waals surface area contributed by atoms with Crippen LogP contribution in [0.15, 0.2) is 42.5 Å². The van der Waals surface area contributed by atoms with Gasteiger partial charge in [0.05, 0.1) is 41.2 Å². The van der Waals surface area contributed by atoms with E-state index in [1.165, 1.54) is 12.1 Å². The fourth-order valence-electron chi connectivity index (χ4n) is 2.64. The molecule has 0 radical (unpaired) electrons. The zero-order valence-corrected chi connectivity index (χ0v) is 16.8. The van der Waals surface area contributed by atoms with E-state index in [1.54, 1.807) is 31.2 Å². The number of carbonyl (C=O) groups excluding carboxylic acids is 2. The fourth-order valence-corrected chi connectivity index (χ4v) is 2.84. The smallest absolute Gasteiger partial charge is 0.308 e. The monoisotopic (exact) mass is 420 g/mol. The van der Waals surface area contributed by atoms with Gasteiger partial charge >= 0.3 is 5.97 Å². The second-order valence-corrected chi connectivity index (χ2v) is 6.37. The van der Waals surface area contributed by atoms with E-state index in [-0.39, 0.29) is 29.3 Å². The molecule has 8 nitrogen and oxygen atoms in total. The molecule has 0 heterocycles.